The highest BCUT2D eigenvalue weighted by atomic mass is 16.2. The Morgan fingerprint density at radius 3 is 2.11 bits per heavy atom. The number of carbonyl (C=O) groups excluding carboxylic acids is 2. The number of fused-ring (bicyclic) bond motifs is 1. The van der Waals surface area contributed by atoms with Crippen LogP contribution in [0.15, 0.2) is 110 Å². The van der Waals surface area contributed by atoms with E-state index >= 15 is 0 Å². The lowest BCUT2D eigenvalue weighted by Gasteiger charge is -2.39. The summed E-state index contributed by atoms with van der Waals surface area (Å²) in [6.07, 6.45) is 13.9. The molecule has 6 nitrogen and oxygen atoms in total. The lowest BCUT2D eigenvalue weighted by atomic mass is 9.80. The Labute approximate surface area is 285 Å². The Hall–Kier alpha value is -4.58. The van der Waals surface area contributed by atoms with Gasteiger partial charge in [-0.15, -0.1) is 0 Å². The summed E-state index contributed by atoms with van der Waals surface area (Å²) in [7, 11) is 3.71. The van der Waals surface area contributed by atoms with Gasteiger partial charge in [0.25, 0.3) is 5.91 Å². The standard InChI is InChI=1S/C33H38N4O2.C4H8.2C2H6/c1-7-25(37(9-3)27-15-11-10-12-16-27)20-19-23(4)34-32(38)30-28-17-13-14-18-29(28)33(39)36(6)31(30)24-21-26(8-2)35(5)22-24;1-3-4-2;2*1-2/h7-8,10-23,30-31H,2,9H2,1,3-6H3,(H,34,38);3-4H,1-2H3;2*1-2H3/b20-19-,25-7+;4-3-;;. The lowest BCUT2D eigenvalue weighted by molar-refractivity contribution is -0.124. The molecule has 0 saturated heterocycles. The van der Waals surface area contributed by atoms with Gasteiger partial charge in [0.15, 0.2) is 0 Å². The summed E-state index contributed by atoms with van der Waals surface area (Å²) >= 11 is 0. The number of nitrogens with zero attached hydrogens (tertiary/aromatic N) is 3. The van der Waals surface area contributed by atoms with Crippen LogP contribution >= 0.6 is 0 Å². The van der Waals surface area contributed by atoms with Gasteiger partial charge in [0.05, 0.1) is 12.0 Å². The second-order valence-corrected chi connectivity index (χ2v) is 10.6. The van der Waals surface area contributed by atoms with Gasteiger partial charge in [0.1, 0.15) is 0 Å². The van der Waals surface area contributed by atoms with Crippen LogP contribution in [0.1, 0.15) is 101 Å². The first-order valence-electron chi connectivity index (χ1n) is 16.9. The van der Waals surface area contributed by atoms with Crippen LogP contribution in [-0.2, 0) is 11.8 Å². The number of rotatable bonds is 9. The van der Waals surface area contributed by atoms with Crippen LogP contribution in [0.3, 0.4) is 0 Å². The van der Waals surface area contributed by atoms with E-state index in [4.69, 9.17) is 0 Å². The molecule has 0 aliphatic carbocycles. The molecule has 2 amide bonds. The maximum absolute atomic E-state index is 14.0. The van der Waals surface area contributed by atoms with Crippen LogP contribution in [0.2, 0.25) is 0 Å². The molecule has 1 aliphatic rings. The molecule has 3 unspecified atom stereocenters. The number of likely N-dealkylation sites (N-methyl/N-ethyl adjacent to an activating group) is 2. The number of para-hydroxylation sites is 1. The molecule has 254 valence electrons. The number of hydrogen-bond donors (Lipinski definition) is 1. The molecule has 6 heteroatoms. The normalized spacial score (nSPS) is 16.1. The smallest absolute Gasteiger partial charge is 0.254 e. The molecule has 2 aromatic carbocycles. The molecule has 1 aliphatic heterocycles. The lowest BCUT2D eigenvalue weighted by Crippen LogP contribution is -2.47. The van der Waals surface area contributed by atoms with E-state index in [-0.39, 0.29) is 17.9 Å². The molecular weight excluding hydrogens is 580 g/mol. The second kappa shape index (κ2) is 21.3. The Balaban J connectivity index is 0.00000126. The monoisotopic (exact) mass is 638 g/mol. The van der Waals surface area contributed by atoms with Crippen LogP contribution in [0.4, 0.5) is 5.69 Å². The third-order valence-corrected chi connectivity index (χ3v) is 7.73. The van der Waals surface area contributed by atoms with Gasteiger partial charge in [-0.3, -0.25) is 9.59 Å². The first kappa shape index (κ1) is 40.4. The van der Waals surface area contributed by atoms with Crippen LogP contribution in [-0.4, -0.2) is 40.9 Å². The minimum Gasteiger partial charge on any atom is -0.351 e. The first-order valence-corrected chi connectivity index (χ1v) is 16.9. The van der Waals surface area contributed by atoms with Gasteiger partial charge in [0.2, 0.25) is 5.91 Å². The van der Waals surface area contributed by atoms with Crippen molar-refractivity contribution in [2.45, 2.75) is 80.3 Å². The average molecular weight is 639 g/mol. The van der Waals surface area contributed by atoms with E-state index in [1.165, 1.54) is 0 Å². The van der Waals surface area contributed by atoms with E-state index in [9.17, 15) is 9.59 Å². The average Bonchev–Trinajstić information content (AvgIpc) is 3.49. The zero-order valence-corrected chi connectivity index (χ0v) is 30.6. The van der Waals surface area contributed by atoms with Crippen molar-refractivity contribution in [2.24, 2.45) is 7.05 Å². The topological polar surface area (TPSA) is 57.6 Å². The number of hydrogen-bond acceptors (Lipinski definition) is 3. The summed E-state index contributed by atoms with van der Waals surface area (Å²) in [6, 6.07) is 19.0. The van der Waals surface area contributed by atoms with Gasteiger partial charge >= 0.3 is 0 Å². The third kappa shape index (κ3) is 10.5. The number of benzene rings is 2. The SMILES string of the molecule is C/C=C\C.C=Cc1cc(C2C(C(=O)NC(C)/C=C\C(=C/C)N(CC)c3ccccc3)c3ccccc3C(=O)N2C)cn1C.CC.CC. The molecule has 3 atom stereocenters. The van der Waals surface area contributed by atoms with Crippen molar-refractivity contribution < 1.29 is 9.59 Å². The number of anilines is 1. The highest BCUT2D eigenvalue weighted by molar-refractivity contribution is 6.01. The van der Waals surface area contributed by atoms with Gasteiger partial charge in [0, 0.05) is 55.5 Å². The maximum atomic E-state index is 14.0. The molecule has 1 aromatic heterocycles. The summed E-state index contributed by atoms with van der Waals surface area (Å²) in [5.74, 6) is -0.766. The van der Waals surface area contributed by atoms with Crippen molar-refractivity contribution in [1.82, 2.24) is 14.8 Å². The molecule has 0 saturated carbocycles. The number of aryl methyl sites for hydroxylation is 1. The summed E-state index contributed by atoms with van der Waals surface area (Å²) < 4.78 is 1.96. The van der Waals surface area contributed by atoms with Crippen LogP contribution in [0, 0.1) is 0 Å². The third-order valence-electron chi connectivity index (χ3n) is 7.73. The Morgan fingerprint density at radius 1 is 0.979 bits per heavy atom. The molecule has 0 bridgehead atoms. The molecule has 2 heterocycles. The van der Waals surface area contributed by atoms with E-state index in [2.05, 4.69) is 48.0 Å². The minimum atomic E-state index is -0.558. The fraction of sp³-hybridized carbons (Fsp3) is 0.366. The van der Waals surface area contributed by atoms with Crippen molar-refractivity contribution in [1.29, 1.82) is 0 Å². The summed E-state index contributed by atoms with van der Waals surface area (Å²) in [5.41, 5.74) is 5.32. The summed E-state index contributed by atoms with van der Waals surface area (Å²) in [6.45, 7) is 22.8. The summed E-state index contributed by atoms with van der Waals surface area (Å²) in [4.78, 5) is 31.2. The fourth-order valence-corrected chi connectivity index (χ4v) is 5.42. The highest BCUT2D eigenvalue weighted by Gasteiger charge is 2.43. The van der Waals surface area contributed by atoms with Gasteiger partial charge in [-0.2, -0.15) is 0 Å². The predicted octanol–water partition coefficient (Wildman–Crippen LogP) is 9.70. The van der Waals surface area contributed by atoms with E-state index in [0.717, 1.165) is 34.8 Å². The Kier molecular flexibility index (Phi) is 18.3. The van der Waals surface area contributed by atoms with Gasteiger partial charge < -0.3 is 19.7 Å². The van der Waals surface area contributed by atoms with Gasteiger partial charge in [-0.25, -0.2) is 0 Å². The fourth-order valence-electron chi connectivity index (χ4n) is 5.42. The van der Waals surface area contributed by atoms with Gasteiger partial charge in [-0.1, -0.05) is 95.0 Å². The Morgan fingerprint density at radius 2 is 1.57 bits per heavy atom. The molecule has 0 fully saturated rings. The molecule has 0 radical (unpaired) electrons. The van der Waals surface area contributed by atoms with Crippen LogP contribution in [0.25, 0.3) is 6.08 Å². The van der Waals surface area contributed by atoms with E-state index in [1.807, 2.05) is 134 Å². The molecular formula is C41H58N4O2. The molecule has 47 heavy (non-hydrogen) atoms. The molecule has 3 aromatic rings. The van der Waals surface area contributed by atoms with Crippen molar-refractivity contribution in [3.8, 4) is 0 Å². The number of nitrogens with one attached hydrogen (secondary N) is 1. The van der Waals surface area contributed by atoms with E-state index in [0.29, 0.717) is 5.56 Å². The van der Waals surface area contributed by atoms with E-state index < -0.39 is 12.0 Å². The highest BCUT2D eigenvalue weighted by Crippen LogP contribution is 2.42. The van der Waals surface area contributed by atoms with Crippen LogP contribution < -0.4 is 10.2 Å². The first-order chi connectivity index (χ1) is 22.7. The number of carbonyl (C=O) groups is 2. The zero-order valence-electron chi connectivity index (χ0n) is 30.6. The van der Waals surface area contributed by atoms with Crippen molar-refractivity contribution in [3.05, 3.63) is 132 Å². The van der Waals surface area contributed by atoms with Crippen molar-refractivity contribution >= 4 is 23.6 Å². The predicted molar refractivity (Wildman–Crippen MR) is 203 cm³/mol. The number of amides is 2. The molecule has 4 rings (SSSR count). The quantitative estimate of drug-likeness (QED) is 0.188. The number of aromatic nitrogens is 1. The van der Waals surface area contributed by atoms with Crippen molar-refractivity contribution in [3.63, 3.8) is 0 Å². The van der Waals surface area contributed by atoms with Crippen molar-refractivity contribution in [2.75, 3.05) is 18.5 Å². The summed E-state index contributed by atoms with van der Waals surface area (Å²) in [5, 5.41) is 3.20. The number of allylic oxidation sites excluding steroid dienone is 4. The maximum Gasteiger partial charge on any atom is 0.254 e. The van der Waals surface area contributed by atoms with Gasteiger partial charge in [-0.05, 0) is 82.2 Å². The van der Waals surface area contributed by atoms with Crippen LogP contribution in [0.5, 0.6) is 0 Å². The largest absolute Gasteiger partial charge is 0.351 e. The Bertz CT molecular complexity index is 1480. The molecule has 0 spiro atoms. The minimum absolute atomic E-state index is 0.0881. The van der Waals surface area contributed by atoms with E-state index in [1.54, 1.807) is 24.1 Å². The zero-order chi connectivity index (χ0) is 35.5. The second-order valence-electron chi connectivity index (χ2n) is 10.6. The molecule has 1 N–H and O–H groups in total.